The number of benzene rings is 3. The van der Waals surface area contributed by atoms with E-state index in [2.05, 4.69) is 25.1 Å². The van der Waals surface area contributed by atoms with Crippen LogP contribution in [0.5, 0.6) is 0 Å². The normalized spacial score (nSPS) is 15.6. The molecular weight excluding hydrogens is 638 g/mol. The van der Waals surface area contributed by atoms with Crippen molar-refractivity contribution < 1.29 is 28.6 Å². The molecule has 1 saturated heterocycles. The summed E-state index contributed by atoms with van der Waals surface area (Å²) in [7, 11) is 3.12. The van der Waals surface area contributed by atoms with E-state index in [0.29, 0.717) is 56.4 Å². The number of allylic oxidation sites excluding steroid dienone is 1. The molecule has 262 valence electrons. The molecule has 3 aromatic carbocycles. The molecule has 1 heterocycles. The summed E-state index contributed by atoms with van der Waals surface area (Å²) in [6, 6.07) is 22.5. The number of methoxy groups -OCH3 is 1. The number of nitrogens with zero attached hydrogens (tertiary/aromatic N) is 6. The number of Topliss-reactive ketones (excluding diaryl/α,β-unsaturated/α-hetero) is 1. The molecule has 0 bridgehead atoms. The zero-order chi connectivity index (χ0) is 35.3. The average Bonchev–Trinajstić information content (AvgIpc) is 3.48. The molecule has 5 rings (SSSR count). The highest BCUT2D eigenvalue weighted by Crippen LogP contribution is 2.37. The lowest BCUT2D eigenvalue weighted by atomic mass is 9.99. The van der Waals surface area contributed by atoms with Gasteiger partial charge in [0.15, 0.2) is 5.78 Å². The van der Waals surface area contributed by atoms with Gasteiger partial charge in [0, 0.05) is 74.6 Å². The fraction of sp³-hybridized carbons (Fsp3) is 0.378. The van der Waals surface area contributed by atoms with Gasteiger partial charge in [0.1, 0.15) is 0 Å². The van der Waals surface area contributed by atoms with Crippen LogP contribution in [-0.2, 0) is 30.2 Å². The van der Waals surface area contributed by atoms with Gasteiger partial charge in [0.25, 0.3) is 0 Å². The molecule has 1 aliphatic carbocycles. The summed E-state index contributed by atoms with van der Waals surface area (Å²) in [6.45, 7) is 6.76. The fourth-order valence-electron chi connectivity index (χ4n) is 5.99. The number of piperazine rings is 1. The number of fused-ring (bicyclic) bond motifs is 1. The minimum Gasteiger partial charge on any atom is -0.465 e. The molecule has 0 radical (unpaired) electrons. The van der Waals surface area contributed by atoms with Gasteiger partial charge in [0.2, 0.25) is 5.91 Å². The molecule has 50 heavy (non-hydrogen) atoms. The van der Waals surface area contributed by atoms with Crippen LogP contribution in [0.1, 0.15) is 27.0 Å². The summed E-state index contributed by atoms with van der Waals surface area (Å²) in [5, 5.41) is 6.90. The number of azide groups is 1. The van der Waals surface area contributed by atoms with Gasteiger partial charge in [-0.15, -0.1) is 0 Å². The maximum atomic E-state index is 13.4. The Morgan fingerprint density at radius 1 is 0.900 bits per heavy atom. The molecule has 0 atom stereocenters. The Balaban J connectivity index is 1.15. The first-order valence-corrected chi connectivity index (χ1v) is 16.7. The second-order valence-corrected chi connectivity index (χ2v) is 12.0. The van der Waals surface area contributed by atoms with Crippen molar-refractivity contribution in [1.82, 2.24) is 9.80 Å². The number of carbonyl (C=O) groups is 3. The van der Waals surface area contributed by atoms with Gasteiger partial charge in [0.05, 0.1) is 51.3 Å². The van der Waals surface area contributed by atoms with Gasteiger partial charge in [-0.25, -0.2) is 4.79 Å². The predicted octanol–water partition coefficient (Wildman–Crippen LogP) is 4.50. The largest absolute Gasteiger partial charge is 0.465 e. The third-order valence-corrected chi connectivity index (χ3v) is 8.78. The summed E-state index contributed by atoms with van der Waals surface area (Å²) in [6.07, 6.45) is 0.196. The van der Waals surface area contributed by atoms with Gasteiger partial charge >= 0.3 is 5.97 Å². The zero-order valence-electron chi connectivity index (χ0n) is 28.5. The summed E-state index contributed by atoms with van der Waals surface area (Å²) in [5.74, 6) is -0.469. The molecule has 2 aliphatic rings. The van der Waals surface area contributed by atoms with E-state index in [9.17, 15) is 14.4 Å². The van der Waals surface area contributed by atoms with Crippen LogP contribution < -0.4 is 10.2 Å². The number of esters is 1. The lowest BCUT2D eigenvalue weighted by molar-refractivity contribution is -0.120. The first-order valence-electron chi connectivity index (χ1n) is 16.7. The van der Waals surface area contributed by atoms with Crippen molar-refractivity contribution in [2.75, 3.05) is 96.6 Å². The lowest BCUT2D eigenvalue weighted by Crippen LogP contribution is -2.50. The van der Waals surface area contributed by atoms with Gasteiger partial charge in [-0.2, -0.15) is 0 Å². The number of carbonyl (C=O) groups excluding carboxylic acids is 3. The van der Waals surface area contributed by atoms with Crippen molar-refractivity contribution in [3.63, 3.8) is 0 Å². The summed E-state index contributed by atoms with van der Waals surface area (Å²) >= 11 is 0. The van der Waals surface area contributed by atoms with Crippen LogP contribution in [0.4, 0.5) is 11.4 Å². The predicted molar refractivity (Wildman–Crippen MR) is 192 cm³/mol. The molecular formula is C37H43N7O6. The number of anilines is 2. The number of rotatable bonds is 16. The highest BCUT2D eigenvalue weighted by atomic mass is 16.5. The quantitative estimate of drug-likeness (QED) is 0.0576. The van der Waals surface area contributed by atoms with E-state index in [1.54, 1.807) is 24.1 Å². The lowest BCUT2D eigenvalue weighted by Gasteiger charge is -2.34. The maximum absolute atomic E-state index is 13.4. The minimum absolute atomic E-state index is 0.00882. The van der Waals surface area contributed by atoms with Crippen molar-refractivity contribution in [3.05, 3.63) is 105 Å². The van der Waals surface area contributed by atoms with Crippen molar-refractivity contribution in [2.24, 2.45) is 5.11 Å². The average molecular weight is 682 g/mol. The van der Waals surface area contributed by atoms with E-state index >= 15 is 0 Å². The van der Waals surface area contributed by atoms with Crippen molar-refractivity contribution in [1.29, 1.82) is 0 Å². The monoisotopic (exact) mass is 681 g/mol. The van der Waals surface area contributed by atoms with E-state index < -0.39 is 5.97 Å². The van der Waals surface area contributed by atoms with Crippen molar-refractivity contribution >= 4 is 40.3 Å². The van der Waals surface area contributed by atoms with E-state index in [-0.39, 0.29) is 18.1 Å². The van der Waals surface area contributed by atoms with Gasteiger partial charge in [-0.1, -0.05) is 41.5 Å². The molecule has 0 unspecified atom stereocenters. The highest BCUT2D eigenvalue weighted by Gasteiger charge is 2.29. The maximum Gasteiger partial charge on any atom is 0.337 e. The van der Waals surface area contributed by atoms with Crippen LogP contribution in [0.25, 0.3) is 21.7 Å². The van der Waals surface area contributed by atoms with Gasteiger partial charge < -0.3 is 24.4 Å². The third-order valence-electron chi connectivity index (χ3n) is 8.78. The highest BCUT2D eigenvalue weighted by molar-refractivity contribution is 6.32. The summed E-state index contributed by atoms with van der Waals surface area (Å²) < 4.78 is 15.9. The van der Waals surface area contributed by atoms with Crippen LogP contribution >= 0.6 is 0 Å². The Bertz CT molecular complexity index is 1720. The van der Waals surface area contributed by atoms with Gasteiger partial charge in [-0.3, -0.25) is 19.4 Å². The number of likely N-dealkylation sites (N-methyl/N-ethyl adjacent to an activating group) is 1. The SMILES string of the molecule is COC(=O)c1ccc2c(c1)CC(=O)/C2=C(\Nc1ccc(N(C)C(=O)CN2CCN(CCOCCOCCN=[N+]=[N-])CC2)cc1)c1ccccc1. The second-order valence-electron chi connectivity index (χ2n) is 12.0. The third kappa shape index (κ3) is 9.56. The van der Waals surface area contributed by atoms with Crippen LogP contribution in [-0.4, -0.2) is 114 Å². The van der Waals surface area contributed by atoms with E-state index in [1.165, 1.54) is 7.11 Å². The molecule has 3 aromatic rings. The van der Waals surface area contributed by atoms with Crippen LogP contribution in [0.3, 0.4) is 0 Å². The zero-order valence-corrected chi connectivity index (χ0v) is 28.5. The summed E-state index contributed by atoms with van der Waals surface area (Å²) in [5.41, 5.74) is 13.9. The molecule has 0 spiro atoms. The molecule has 0 saturated carbocycles. The van der Waals surface area contributed by atoms with Crippen molar-refractivity contribution in [3.8, 4) is 0 Å². The molecule has 13 heteroatoms. The number of amides is 1. The Morgan fingerprint density at radius 2 is 1.60 bits per heavy atom. The molecule has 1 N–H and O–H groups in total. The first-order chi connectivity index (χ1) is 24.4. The summed E-state index contributed by atoms with van der Waals surface area (Å²) in [4.78, 5) is 47.6. The molecule has 1 aliphatic heterocycles. The fourth-order valence-corrected chi connectivity index (χ4v) is 5.99. The molecule has 1 amide bonds. The smallest absolute Gasteiger partial charge is 0.337 e. The number of hydrogen-bond acceptors (Lipinski definition) is 10. The standard InChI is InChI=1S/C37H43N7O6/c1-42(34(46)26-44-17-15-43(16-18-44)19-21-50-23-22-49-20-14-39-41-38)31-11-9-30(10-12-31)40-36(27-6-4-3-5-7-27)35-32-13-8-28(37(47)48-2)24-29(32)25-33(35)45/h3-13,24,40H,14-23,25-26H2,1-2H3/b36-35-. The Hall–Kier alpha value is -5.04. The number of nitrogens with one attached hydrogen (secondary N) is 1. The van der Waals surface area contributed by atoms with Crippen LogP contribution in [0, 0.1) is 0 Å². The molecule has 1 fully saturated rings. The minimum atomic E-state index is -0.442. The topological polar surface area (TPSA) is 149 Å². The molecule has 0 aromatic heterocycles. The van der Waals surface area contributed by atoms with E-state index in [4.69, 9.17) is 19.7 Å². The Morgan fingerprint density at radius 3 is 2.30 bits per heavy atom. The van der Waals surface area contributed by atoms with Crippen molar-refractivity contribution in [2.45, 2.75) is 6.42 Å². The number of ketones is 1. The molecule has 13 nitrogen and oxygen atoms in total. The Labute approximate surface area is 292 Å². The number of ether oxygens (including phenoxy) is 3. The second kappa shape index (κ2) is 18.1. The first kappa shape index (κ1) is 36.2. The van der Waals surface area contributed by atoms with Crippen LogP contribution in [0.15, 0.2) is 77.9 Å². The Kier molecular flexibility index (Phi) is 13.1. The van der Waals surface area contributed by atoms with E-state index in [0.717, 1.165) is 60.8 Å². The van der Waals surface area contributed by atoms with E-state index in [1.807, 2.05) is 60.7 Å². The van der Waals surface area contributed by atoms with Crippen LogP contribution in [0.2, 0.25) is 0 Å². The van der Waals surface area contributed by atoms with Gasteiger partial charge in [-0.05, 0) is 58.6 Å². The number of hydrogen-bond donors (Lipinski definition) is 1.